The molecule has 2 aliphatic heterocycles. The van der Waals surface area contributed by atoms with E-state index in [2.05, 4.69) is 10.6 Å². The molecule has 150 valence electrons. The molecular formula is C23H24ClN3O2. The third-order valence-corrected chi connectivity index (χ3v) is 6.43. The number of carbonyl (C=O) groups is 1. The highest BCUT2D eigenvalue weighted by Crippen LogP contribution is 2.46. The minimum atomic E-state index is -0.171. The van der Waals surface area contributed by atoms with Gasteiger partial charge in [0.05, 0.1) is 6.04 Å². The third kappa shape index (κ3) is 2.92. The van der Waals surface area contributed by atoms with Crippen molar-refractivity contribution in [2.45, 2.75) is 25.4 Å². The predicted molar refractivity (Wildman–Crippen MR) is 115 cm³/mol. The molecule has 1 unspecified atom stereocenters. The Labute approximate surface area is 175 Å². The fourth-order valence-corrected chi connectivity index (χ4v) is 5.04. The van der Waals surface area contributed by atoms with Crippen LogP contribution in [0.5, 0.6) is 5.75 Å². The number of hydrogen-bond acceptors (Lipinski definition) is 3. The van der Waals surface area contributed by atoms with Gasteiger partial charge in [0.15, 0.2) is 0 Å². The molecule has 1 N–H and O–H groups in total. The Morgan fingerprint density at radius 1 is 1.24 bits per heavy atom. The van der Waals surface area contributed by atoms with E-state index in [1.54, 1.807) is 6.07 Å². The number of benzene rings is 2. The molecule has 0 bridgehead atoms. The summed E-state index contributed by atoms with van der Waals surface area (Å²) in [7, 11) is 3.97. The van der Waals surface area contributed by atoms with E-state index < -0.39 is 0 Å². The van der Waals surface area contributed by atoms with Gasteiger partial charge in [0.2, 0.25) is 5.91 Å². The summed E-state index contributed by atoms with van der Waals surface area (Å²) in [6, 6.07) is 11.4. The molecule has 3 aromatic rings. The highest BCUT2D eigenvalue weighted by Gasteiger charge is 2.39. The number of rotatable bonds is 3. The maximum Gasteiger partial charge on any atom is 0.224 e. The van der Waals surface area contributed by atoms with E-state index in [0.29, 0.717) is 13.0 Å². The number of aromatic hydroxyl groups is 1. The first-order valence-electron chi connectivity index (χ1n) is 10.0. The molecule has 5 nitrogen and oxygen atoms in total. The zero-order valence-corrected chi connectivity index (χ0v) is 17.4. The molecular weight excluding hydrogens is 386 g/mol. The molecule has 6 heteroatoms. The highest BCUT2D eigenvalue weighted by atomic mass is 35.5. The zero-order valence-electron chi connectivity index (χ0n) is 16.7. The van der Waals surface area contributed by atoms with Crippen LogP contribution in [0.2, 0.25) is 5.02 Å². The first-order chi connectivity index (χ1) is 13.9. The van der Waals surface area contributed by atoms with Gasteiger partial charge < -0.3 is 19.5 Å². The Hall–Kier alpha value is -2.50. The molecule has 0 spiro atoms. The summed E-state index contributed by atoms with van der Waals surface area (Å²) in [5, 5.41) is 12.1. The summed E-state index contributed by atoms with van der Waals surface area (Å²) in [6.07, 6.45) is 1.30. The number of phenolic OH excluding ortho intramolecular Hbond substituents is 1. The van der Waals surface area contributed by atoms with Crippen molar-refractivity contribution in [3.63, 3.8) is 0 Å². The highest BCUT2D eigenvalue weighted by molar-refractivity contribution is 6.31. The molecule has 0 aliphatic carbocycles. The van der Waals surface area contributed by atoms with Crippen LogP contribution in [-0.2, 0) is 17.8 Å². The number of hydrogen-bond donors (Lipinski definition) is 1. The molecule has 2 aliphatic rings. The van der Waals surface area contributed by atoms with Crippen LogP contribution < -0.4 is 0 Å². The summed E-state index contributed by atoms with van der Waals surface area (Å²) in [4.78, 5) is 17.2. The van der Waals surface area contributed by atoms with E-state index in [0.717, 1.165) is 41.2 Å². The quantitative estimate of drug-likeness (QED) is 0.716. The Balaban J connectivity index is 1.70. The number of aromatic nitrogens is 1. The smallest absolute Gasteiger partial charge is 0.224 e. The summed E-state index contributed by atoms with van der Waals surface area (Å²) in [6.45, 7) is 2.13. The molecule has 1 atom stereocenters. The summed E-state index contributed by atoms with van der Waals surface area (Å²) in [5.41, 5.74) is 5.78. The van der Waals surface area contributed by atoms with E-state index in [9.17, 15) is 9.90 Å². The largest absolute Gasteiger partial charge is 0.508 e. The molecule has 3 heterocycles. The summed E-state index contributed by atoms with van der Waals surface area (Å²) < 4.78 is 2.33. The fraction of sp³-hybridized carbons (Fsp3) is 0.348. The van der Waals surface area contributed by atoms with Crippen LogP contribution in [0.25, 0.3) is 10.9 Å². The van der Waals surface area contributed by atoms with Crippen LogP contribution in [-0.4, -0.2) is 52.6 Å². The first-order valence-corrected chi connectivity index (χ1v) is 10.4. The standard InChI is InChI=1S/C23H24ClN3O2/c1-25(2)9-8-21(29)26-10-7-17-19-11-15(24)4-6-20(19)27-13-14-3-5-16(28)12-18(14)23(26)22(17)27/h3-6,11-12,23,28H,7-10,13H2,1-2H3. The zero-order chi connectivity index (χ0) is 20.3. The van der Waals surface area contributed by atoms with Crippen LogP contribution in [0.3, 0.4) is 0 Å². The van der Waals surface area contributed by atoms with E-state index in [4.69, 9.17) is 11.6 Å². The number of fused-ring (bicyclic) bond motifs is 5. The number of nitrogens with zero attached hydrogens (tertiary/aromatic N) is 3. The second kappa shape index (κ2) is 6.78. The van der Waals surface area contributed by atoms with Crippen molar-refractivity contribution in [3.05, 3.63) is 63.8 Å². The van der Waals surface area contributed by atoms with Crippen molar-refractivity contribution < 1.29 is 9.90 Å². The second-order valence-corrected chi connectivity index (χ2v) is 8.72. The van der Waals surface area contributed by atoms with E-state index in [1.807, 2.05) is 48.2 Å². The normalized spacial score (nSPS) is 17.5. The van der Waals surface area contributed by atoms with Gasteiger partial charge in [-0.25, -0.2) is 0 Å². The topological polar surface area (TPSA) is 48.7 Å². The van der Waals surface area contributed by atoms with Crippen molar-refractivity contribution in [1.82, 2.24) is 14.4 Å². The van der Waals surface area contributed by atoms with Gasteiger partial charge in [-0.15, -0.1) is 0 Å². The third-order valence-electron chi connectivity index (χ3n) is 6.19. The lowest BCUT2D eigenvalue weighted by Crippen LogP contribution is -2.43. The lowest BCUT2D eigenvalue weighted by Gasteiger charge is -2.41. The van der Waals surface area contributed by atoms with Crippen LogP contribution in [0.15, 0.2) is 36.4 Å². The van der Waals surface area contributed by atoms with Crippen molar-refractivity contribution >= 4 is 28.4 Å². The Bertz CT molecular complexity index is 1130. The first kappa shape index (κ1) is 18.5. The van der Waals surface area contributed by atoms with Crippen molar-refractivity contribution in [1.29, 1.82) is 0 Å². The van der Waals surface area contributed by atoms with Crippen LogP contribution in [0.1, 0.15) is 34.8 Å². The molecule has 0 saturated carbocycles. The fourth-order valence-electron chi connectivity index (χ4n) is 4.87. The Morgan fingerprint density at radius 2 is 2.07 bits per heavy atom. The van der Waals surface area contributed by atoms with Crippen molar-refractivity contribution in [3.8, 4) is 5.75 Å². The Kier molecular flexibility index (Phi) is 4.33. The maximum absolute atomic E-state index is 13.2. The van der Waals surface area contributed by atoms with Crippen molar-refractivity contribution in [2.24, 2.45) is 0 Å². The van der Waals surface area contributed by atoms with Gasteiger partial charge in [0.25, 0.3) is 0 Å². The van der Waals surface area contributed by atoms with Crippen LogP contribution in [0, 0.1) is 0 Å². The minimum Gasteiger partial charge on any atom is -0.508 e. The van der Waals surface area contributed by atoms with Gasteiger partial charge in [-0.05, 0) is 67.5 Å². The predicted octanol–water partition coefficient (Wildman–Crippen LogP) is 3.79. The van der Waals surface area contributed by atoms with E-state index in [-0.39, 0.29) is 17.7 Å². The van der Waals surface area contributed by atoms with Gasteiger partial charge in [0, 0.05) is 47.7 Å². The molecule has 29 heavy (non-hydrogen) atoms. The molecule has 5 rings (SSSR count). The number of amides is 1. The van der Waals surface area contributed by atoms with E-state index >= 15 is 0 Å². The van der Waals surface area contributed by atoms with Gasteiger partial charge in [-0.1, -0.05) is 17.7 Å². The molecule has 2 aromatic carbocycles. The second-order valence-electron chi connectivity index (χ2n) is 8.29. The number of phenols is 1. The molecule has 0 radical (unpaired) electrons. The Morgan fingerprint density at radius 3 is 2.86 bits per heavy atom. The number of carbonyl (C=O) groups excluding carboxylic acids is 1. The summed E-state index contributed by atoms with van der Waals surface area (Å²) >= 11 is 6.31. The van der Waals surface area contributed by atoms with Gasteiger partial charge in [-0.3, -0.25) is 4.79 Å². The lowest BCUT2D eigenvalue weighted by atomic mass is 9.87. The average molecular weight is 410 g/mol. The molecule has 1 aromatic heterocycles. The minimum absolute atomic E-state index is 0.153. The van der Waals surface area contributed by atoms with Gasteiger partial charge >= 0.3 is 0 Å². The molecule has 0 saturated heterocycles. The average Bonchev–Trinajstić information content (AvgIpc) is 3.00. The van der Waals surface area contributed by atoms with E-state index in [1.165, 1.54) is 16.6 Å². The van der Waals surface area contributed by atoms with Crippen LogP contribution >= 0.6 is 11.6 Å². The molecule has 1 amide bonds. The number of halogens is 1. The SMILES string of the molecule is CN(C)CCC(=O)N1CCc2c3n(c4ccc(Cl)cc24)Cc2ccc(O)cc2C31. The summed E-state index contributed by atoms with van der Waals surface area (Å²) in [5.74, 6) is 0.393. The maximum atomic E-state index is 13.2. The van der Waals surface area contributed by atoms with Crippen molar-refractivity contribution in [2.75, 3.05) is 27.2 Å². The lowest BCUT2D eigenvalue weighted by molar-refractivity contribution is -0.133. The van der Waals surface area contributed by atoms with Crippen LogP contribution in [0.4, 0.5) is 0 Å². The monoisotopic (exact) mass is 409 g/mol. The molecule has 0 fully saturated rings. The van der Waals surface area contributed by atoms with Gasteiger partial charge in [0.1, 0.15) is 5.75 Å². The van der Waals surface area contributed by atoms with Gasteiger partial charge in [-0.2, -0.15) is 0 Å².